The number of nitrogens with zero attached hydrogens (tertiary/aromatic N) is 3. The fourth-order valence-corrected chi connectivity index (χ4v) is 3.72. The molecule has 26 heavy (non-hydrogen) atoms. The molecule has 2 saturated heterocycles. The van der Waals surface area contributed by atoms with Crippen molar-refractivity contribution in [3.05, 3.63) is 35.9 Å². The normalized spacial score (nSPS) is 21.5. The summed E-state index contributed by atoms with van der Waals surface area (Å²) in [6.45, 7) is 4.30. The third-order valence-corrected chi connectivity index (χ3v) is 5.25. The molecule has 144 valence electrons. The summed E-state index contributed by atoms with van der Waals surface area (Å²) >= 11 is 0. The van der Waals surface area contributed by atoms with Gasteiger partial charge < -0.3 is 15.5 Å². The third kappa shape index (κ3) is 6.14. The second-order valence-electron chi connectivity index (χ2n) is 7.25. The van der Waals surface area contributed by atoms with E-state index in [0.29, 0.717) is 24.8 Å². The molecular formula is C20H31IN4O. The van der Waals surface area contributed by atoms with E-state index in [4.69, 9.17) is 5.73 Å². The Kier molecular flexibility index (Phi) is 8.68. The summed E-state index contributed by atoms with van der Waals surface area (Å²) in [4.78, 5) is 21.0. The summed E-state index contributed by atoms with van der Waals surface area (Å²) in [5.74, 6) is 1.22. The molecule has 2 heterocycles. The average Bonchev–Trinajstić information content (AvgIpc) is 2.83. The smallest absolute Gasteiger partial charge is 0.223 e. The van der Waals surface area contributed by atoms with E-state index in [2.05, 4.69) is 22.0 Å². The molecule has 2 N–H and O–H groups in total. The number of carbonyl (C=O) groups excluding carboxylic acids is 1. The molecule has 1 amide bonds. The highest BCUT2D eigenvalue weighted by Crippen LogP contribution is 2.19. The van der Waals surface area contributed by atoms with Crippen LogP contribution in [0.25, 0.3) is 0 Å². The molecule has 0 bridgehead atoms. The van der Waals surface area contributed by atoms with Crippen LogP contribution in [0.1, 0.15) is 37.7 Å². The van der Waals surface area contributed by atoms with Crippen LogP contribution in [0.4, 0.5) is 0 Å². The first-order chi connectivity index (χ1) is 12.2. The highest BCUT2D eigenvalue weighted by atomic mass is 127. The molecule has 2 aliphatic rings. The van der Waals surface area contributed by atoms with Crippen LogP contribution in [-0.4, -0.2) is 54.4 Å². The van der Waals surface area contributed by atoms with E-state index in [-0.39, 0.29) is 29.9 Å². The molecule has 2 aliphatic heterocycles. The van der Waals surface area contributed by atoms with Gasteiger partial charge in [-0.1, -0.05) is 43.2 Å². The van der Waals surface area contributed by atoms with Gasteiger partial charge in [-0.3, -0.25) is 9.79 Å². The molecule has 1 atom stereocenters. The lowest BCUT2D eigenvalue weighted by Gasteiger charge is -2.21. The number of aliphatic imine (C=N–C) groups is 1. The molecule has 0 aromatic heterocycles. The Labute approximate surface area is 174 Å². The number of benzene rings is 1. The van der Waals surface area contributed by atoms with Gasteiger partial charge in [-0.15, -0.1) is 24.0 Å². The molecule has 2 fully saturated rings. The number of hydrogen-bond donors (Lipinski definition) is 1. The Bertz CT molecular complexity index is 585. The first-order valence-corrected chi connectivity index (χ1v) is 9.59. The predicted octanol–water partition coefficient (Wildman–Crippen LogP) is 2.89. The summed E-state index contributed by atoms with van der Waals surface area (Å²) in [6, 6.07) is 10.3. The van der Waals surface area contributed by atoms with Gasteiger partial charge >= 0.3 is 0 Å². The molecule has 1 aromatic carbocycles. The maximum atomic E-state index is 12.2. The Balaban J connectivity index is 0.00000243. The van der Waals surface area contributed by atoms with Crippen LogP contribution in [0, 0.1) is 5.92 Å². The number of carbonyl (C=O) groups is 1. The number of guanidine groups is 1. The van der Waals surface area contributed by atoms with Gasteiger partial charge in [-0.05, 0) is 24.8 Å². The third-order valence-electron chi connectivity index (χ3n) is 5.25. The van der Waals surface area contributed by atoms with Crippen LogP contribution in [0.15, 0.2) is 35.3 Å². The maximum Gasteiger partial charge on any atom is 0.223 e. The zero-order valence-electron chi connectivity index (χ0n) is 15.5. The van der Waals surface area contributed by atoms with Crippen LogP contribution in [0.3, 0.4) is 0 Å². The second-order valence-corrected chi connectivity index (χ2v) is 7.25. The van der Waals surface area contributed by atoms with Crippen molar-refractivity contribution in [2.45, 2.75) is 38.5 Å². The number of amides is 1. The first-order valence-electron chi connectivity index (χ1n) is 9.59. The van der Waals surface area contributed by atoms with Crippen molar-refractivity contribution in [2.75, 3.05) is 32.7 Å². The van der Waals surface area contributed by atoms with Crippen LogP contribution >= 0.6 is 24.0 Å². The van der Waals surface area contributed by atoms with Crippen molar-refractivity contribution in [1.29, 1.82) is 0 Å². The standard InChI is InChI=1S/C20H30N4O.HI/c21-20(23-11-6-1-2-7-12-23)22-15-18-14-19(25)24(16-18)13-10-17-8-4-3-5-9-17;/h3-5,8-9,18H,1-2,6-7,10-16H2,(H2,21,22);1H. The van der Waals surface area contributed by atoms with Gasteiger partial charge in [-0.2, -0.15) is 0 Å². The van der Waals surface area contributed by atoms with E-state index in [1.54, 1.807) is 0 Å². The number of hydrogen-bond acceptors (Lipinski definition) is 2. The van der Waals surface area contributed by atoms with Gasteiger partial charge in [0.15, 0.2) is 5.96 Å². The van der Waals surface area contributed by atoms with Gasteiger partial charge in [0.2, 0.25) is 5.91 Å². The van der Waals surface area contributed by atoms with Gasteiger partial charge in [0, 0.05) is 45.1 Å². The Morgan fingerprint density at radius 3 is 2.50 bits per heavy atom. The fraction of sp³-hybridized carbons (Fsp3) is 0.600. The molecule has 1 aromatic rings. The van der Waals surface area contributed by atoms with Crippen LogP contribution in [0.2, 0.25) is 0 Å². The minimum Gasteiger partial charge on any atom is -0.370 e. The molecule has 0 radical (unpaired) electrons. The van der Waals surface area contributed by atoms with Gasteiger partial charge in [0.05, 0.1) is 0 Å². The van der Waals surface area contributed by atoms with E-state index in [1.165, 1.54) is 31.2 Å². The highest BCUT2D eigenvalue weighted by molar-refractivity contribution is 14.0. The Morgan fingerprint density at radius 2 is 1.81 bits per heavy atom. The van der Waals surface area contributed by atoms with Crippen molar-refractivity contribution < 1.29 is 4.79 Å². The first kappa shape index (κ1) is 21.0. The molecule has 5 nitrogen and oxygen atoms in total. The molecule has 0 spiro atoms. The molecule has 0 aliphatic carbocycles. The summed E-state index contributed by atoms with van der Waals surface area (Å²) in [5, 5.41) is 0. The van der Waals surface area contributed by atoms with Crippen LogP contribution in [-0.2, 0) is 11.2 Å². The fourth-order valence-electron chi connectivity index (χ4n) is 3.72. The molecular weight excluding hydrogens is 439 g/mol. The van der Waals surface area contributed by atoms with Crippen molar-refractivity contribution in [3.63, 3.8) is 0 Å². The minimum absolute atomic E-state index is 0. The SMILES string of the molecule is I.NC(=NCC1CC(=O)N(CCc2ccccc2)C1)N1CCCCCC1. The highest BCUT2D eigenvalue weighted by Gasteiger charge is 2.29. The van der Waals surface area contributed by atoms with E-state index < -0.39 is 0 Å². The zero-order valence-corrected chi connectivity index (χ0v) is 17.8. The van der Waals surface area contributed by atoms with Crippen molar-refractivity contribution in [1.82, 2.24) is 9.80 Å². The van der Waals surface area contributed by atoms with Crippen molar-refractivity contribution in [3.8, 4) is 0 Å². The van der Waals surface area contributed by atoms with Crippen molar-refractivity contribution >= 4 is 35.8 Å². The number of rotatable bonds is 5. The van der Waals surface area contributed by atoms with Gasteiger partial charge in [-0.25, -0.2) is 0 Å². The van der Waals surface area contributed by atoms with E-state index in [1.807, 2.05) is 23.1 Å². The van der Waals surface area contributed by atoms with Gasteiger partial charge in [0.1, 0.15) is 0 Å². The summed E-state index contributed by atoms with van der Waals surface area (Å²) in [6.07, 6.45) is 6.50. The van der Waals surface area contributed by atoms with Gasteiger partial charge in [0.25, 0.3) is 0 Å². The molecule has 0 saturated carbocycles. The summed E-state index contributed by atoms with van der Waals surface area (Å²) < 4.78 is 0. The molecule has 6 heteroatoms. The van der Waals surface area contributed by atoms with E-state index in [0.717, 1.165) is 32.6 Å². The van der Waals surface area contributed by atoms with Crippen molar-refractivity contribution in [2.24, 2.45) is 16.6 Å². The Hall–Kier alpha value is -1.31. The summed E-state index contributed by atoms with van der Waals surface area (Å²) in [7, 11) is 0. The Morgan fingerprint density at radius 1 is 1.12 bits per heavy atom. The maximum absolute atomic E-state index is 12.2. The van der Waals surface area contributed by atoms with E-state index in [9.17, 15) is 4.79 Å². The lowest BCUT2D eigenvalue weighted by Crippen LogP contribution is -2.38. The number of likely N-dealkylation sites (tertiary alicyclic amines) is 2. The van der Waals surface area contributed by atoms with Crippen LogP contribution in [0.5, 0.6) is 0 Å². The quantitative estimate of drug-likeness (QED) is 0.409. The number of nitrogens with two attached hydrogens (primary N) is 1. The van der Waals surface area contributed by atoms with Crippen LogP contribution < -0.4 is 5.73 Å². The monoisotopic (exact) mass is 470 g/mol. The summed E-state index contributed by atoms with van der Waals surface area (Å²) in [5.41, 5.74) is 7.46. The topological polar surface area (TPSA) is 61.9 Å². The lowest BCUT2D eigenvalue weighted by atomic mass is 10.1. The largest absolute Gasteiger partial charge is 0.370 e. The molecule has 3 rings (SSSR count). The minimum atomic E-state index is 0. The average molecular weight is 470 g/mol. The van der Waals surface area contributed by atoms with E-state index >= 15 is 0 Å². The predicted molar refractivity (Wildman–Crippen MR) is 117 cm³/mol. The number of halogens is 1. The zero-order chi connectivity index (χ0) is 17.5. The lowest BCUT2D eigenvalue weighted by molar-refractivity contribution is -0.127. The second kappa shape index (κ2) is 10.7. The molecule has 1 unspecified atom stereocenters.